The first-order valence-electron chi connectivity index (χ1n) is 8.83. The molecule has 0 spiro atoms. The van der Waals surface area contributed by atoms with Crippen LogP contribution in [0.4, 0.5) is 16.2 Å². The molecule has 2 aromatic rings. The Labute approximate surface area is 163 Å². The van der Waals surface area contributed by atoms with E-state index >= 15 is 0 Å². The zero-order chi connectivity index (χ0) is 19.2. The number of hydrogen-bond donors (Lipinski definition) is 2. The third-order valence-corrected chi connectivity index (χ3v) is 4.67. The van der Waals surface area contributed by atoms with Gasteiger partial charge in [-0.25, -0.2) is 4.79 Å². The lowest BCUT2D eigenvalue weighted by Gasteiger charge is -2.15. The van der Waals surface area contributed by atoms with Crippen LogP contribution < -0.4 is 15.4 Å². The number of benzene rings is 2. The van der Waals surface area contributed by atoms with Crippen LogP contribution in [0.25, 0.3) is 0 Å². The van der Waals surface area contributed by atoms with Crippen molar-refractivity contribution in [3.8, 4) is 5.75 Å². The number of rotatable bonds is 5. The molecule has 2 N–H and O–H groups in total. The molecule has 1 aliphatic heterocycles. The first-order valence-corrected chi connectivity index (χ1v) is 9.21. The number of carbonyl (C=O) groups is 2. The normalized spacial score (nSPS) is 13.3. The number of hydrogen-bond acceptors (Lipinski definition) is 3. The van der Waals surface area contributed by atoms with Crippen molar-refractivity contribution in [3.63, 3.8) is 0 Å². The Morgan fingerprint density at radius 2 is 1.78 bits per heavy atom. The van der Waals surface area contributed by atoms with E-state index in [2.05, 4.69) is 10.6 Å². The van der Waals surface area contributed by atoms with Crippen LogP contribution in [0.3, 0.4) is 0 Å². The molecular formula is C20H22ClN3O3. The molecule has 27 heavy (non-hydrogen) atoms. The van der Waals surface area contributed by atoms with E-state index in [1.165, 1.54) is 7.11 Å². The highest BCUT2D eigenvalue weighted by Gasteiger charge is 2.17. The minimum Gasteiger partial charge on any atom is -0.495 e. The molecule has 1 saturated heterocycles. The van der Waals surface area contributed by atoms with Gasteiger partial charge in [0.1, 0.15) is 5.75 Å². The summed E-state index contributed by atoms with van der Waals surface area (Å²) >= 11 is 5.97. The molecule has 1 heterocycles. The van der Waals surface area contributed by atoms with Gasteiger partial charge in [-0.15, -0.1) is 0 Å². The number of carbonyl (C=O) groups excluding carboxylic acids is 2. The van der Waals surface area contributed by atoms with Crippen LogP contribution >= 0.6 is 11.6 Å². The molecule has 7 heteroatoms. The fraction of sp³-hybridized carbons (Fsp3) is 0.300. The topological polar surface area (TPSA) is 70.7 Å². The van der Waals surface area contributed by atoms with E-state index < -0.39 is 6.03 Å². The van der Waals surface area contributed by atoms with Crippen LogP contribution in [0.2, 0.25) is 5.02 Å². The minimum absolute atomic E-state index is 0.152. The van der Waals surface area contributed by atoms with E-state index in [9.17, 15) is 9.59 Å². The van der Waals surface area contributed by atoms with Gasteiger partial charge in [0.2, 0.25) is 5.91 Å². The predicted molar refractivity (Wildman–Crippen MR) is 107 cm³/mol. The maximum atomic E-state index is 12.2. The molecule has 142 valence electrons. The molecule has 0 atom stereocenters. The van der Waals surface area contributed by atoms with E-state index in [1.807, 2.05) is 17.0 Å². The van der Waals surface area contributed by atoms with Crippen LogP contribution in [-0.4, -0.2) is 37.0 Å². The lowest BCUT2D eigenvalue weighted by molar-refractivity contribution is -0.129. The fourth-order valence-corrected chi connectivity index (χ4v) is 3.19. The van der Waals surface area contributed by atoms with E-state index in [0.29, 0.717) is 28.6 Å². The monoisotopic (exact) mass is 387 g/mol. The molecule has 0 radical (unpaired) electrons. The number of urea groups is 1. The van der Waals surface area contributed by atoms with Crippen molar-refractivity contribution in [2.24, 2.45) is 0 Å². The molecule has 1 aliphatic rings. The minimum atomic E-state index is -0.406. The van der Waals surface area contributed by atoms with Crippen molar-refractivity contribution in [1.82, 2.24) is 4.90 Å². The van der Waals surface area contributed by atoms with E-state index in [-0.39, 0.29) is 5.91 Å². The maximum absolute atomic E-state index is 12.2. The highest BCUT2D eigenvalue weighted by atomic mass is 35.5. The number of anilines is 2. The predicted octanol–water partition coefficient (Wildman–Crippen LogP) is 4.16. The zero-order valence-corrected chi connectivity index (χ0v) is 15.9. The van der Waals surface area contributed by atoms with Crippen molar-refractivity contribution in [1.29, 1.82) is 0 Å². The zero-order valence-electron chi connectivity index (χ0n) is 15.1. The molecule has 0 unspecified atom stereocenters. The summed E-state index contributed by atoms with van der Waals surface area (Å²) in [5, 5.41) is 5.97. The molecule has 0 saturated carbocycles. The number of methoxy groups -OCH3 is 1. The number of amides is 3. The lowest BCUT2D eigenvalue weighted by Crippen LogP contribution is -2.29. The molecule has 0 aliphatic carbocycles. The van der Waals surface area contributed by atoms with Gasteiger partial charge in [-0.05, 0) is 48.7 Å². The lowest BCUT2D eigenvalue weighted by atomic mass is 10.1. The van der Waals surface area contributed by atoms with Crippen molar-refractivity contribution < 1.29 is 14.3 Å². The third kappa shape index (κ3) is 5.14. The van der Waals surface area contributed by atoms with Crippen LogP contribution in [0.1, 0.15) is 18.4 Å². The van der Waals surface area contributed by atoms with Crippen LogP contribution in [0.15, 0.2) is 42.5 Å². The van der Waals surface area contributed by atoms with Crippen LogP contribution in [0.5, 0.6) is 5.75 Å². The summed E-state index contributed by atoms with van der Waals surface area (Å²) in [6.07, 6.45) is 2.55. The van der Waals surface area contributed by atoms with Gasteiger partial charge in [-0.2, -0.15) is 0 Å². The molecule has 2 aromatic carbocycles. The second-order valence-electron chi connectivity index (χ2n) is 6.39. The SMILES string of the molecule is COc1ccc(Cl)cc1NC(=O)Nc1ccc(CC(=O)N2CCCC2)cc1. The van der Waals surface area contributed by atoms with Gasteiger partial charge >= 0.3 is 6.03 Å². The van der Waals surface area contributed by atoms with Crippen molar-refractivity contribution in [2.75, 3.05) is 30.8 Å². The summed E-state index contributed by atoms with van der Waals surface area (Å²) in [5.41, 5.74) is 2.04. The van der Waals surface area contributed by atoms with E-state index in [1.54, 1.807) is 30.3 Å². The number of halogens is 1. The Morgan fingerprint density at radius 3 is 2.44 bits per heavy atom. The molecule has 1 fully saturated rings. The van der Waals surface area contributed by atoms with Gasteiger partial charge in [-0.3, -0.25) is 4.79 Å². The van der Waals surface area contributed by atoms with Crippen molar-refractivity contribution in [3.05, 3.63) is 53.1 Å². The van der Waals surface area contributed by atoms with E-state index in [0.717, 1.165) is 31.5 Å². The molecule has 0 bridgehead atoms. The van der Waals surface area contributed by atoms with Crippen molar-refractivity contribution in [2.45, 2.75) is 19.3 Å². The summed E-state index contributed by atoms with van der Waals surface area (Å²) in [7, 11) is 1.52. The second kappa shape index (κ2) is 8.77. The van der Waals surface area contributed by atoms with Crippen LogP contribution in [-0.2, 0) is 11.2 Å². The summed E-state index contributed by atoms with van der Waals surface area (Å²) < 4.78 is 5.21. The molecule has 3 amide bonds. The molecular weight excluding hydrogens is 366 g/mol. The van der Waals surface area contributed by atoms with Crippen LogP contribution in [0, 0.1) is 0 Å². The Morgan fingerprint density at radius 1 is 1.07 bits per heavy atom. The highest BCUT2D eigenvalue weighted by Crippen LogP contribution is 2.27. The van der Waals surface area contributed by atoms with Gasteiger partial charge in [0, 0.05) is 23.8 Å². The average molecular weight is 388 g/mol. The molecule has 0 aromatic heterocycles. The number of nitrogens with one attached hydrogen (secondary N) is 2. The quantitative estimate of drug-likeness (QED) is 0.809. The largest absolute Gasteiger partial charge is 0.495 e. The highest BCUT2D eigenvalue weighted by molar-refractivity contribution is 6.31. The first-order chi connectivity index (χ1) is 13.0. The summed E-state index contributed by atoms with van der Waals surface area (Å²) in [4.78, 5) is 26.3. The summed E-state index contributed by atoms with van der Waals surface area (Å²) in [6.45, 7) is 1.71. The van der Waals surface area contributed by atoms with Gasteiger partial charge in [-0.1, -0.05) is 23.7 Å². The summed E-state index contributed by atoms with van der Waals surface area (Å²) in [6, 6.07) is 11.8. The van der Waals surface area contributed by atoms with Gasteiger partial charge in [0.05, 0.1) is 19.2 Å². The maximum Gasteiger partial charge on any atom is 0.323 e. The Kier molecular flexibility index (Phi) is 6.19. The number of likely N-dealkylation sites (tertiary alicyclic amines) is 1. The molecule has 6 nitrogen and oxygen atoms in total. The number of nitrogens with zero attached hydrogens (tertiary/aromatic N) is 1. The first kappa shape index (κ1) is 19.0. The van der Waals surface area contributed by atoms with E-state index in [4.69, 9.17) is 16.3 Å². The van der Waals surface area contributed by atoms with Gasteiger partial charge < -0.3 is 20.3 Å². The summed E-state index contributed by atoms with van der Waals surface area (Å²) in [5.74, 6) is 0.671. The second-order valence-corrected chi connectivity index (χ2v) is 6.82. The standard InChI is InChI=1S/C20H22ClN3O3/c1-27-18-9-6-15(21)13-17(18)23-20(26)22-16-7-4-14(5-8-16)12-19(25)24-10-2-3-11-24/h4-9,13H,2-3,10-12H2,1H3,(H2,22,23,26). The number of ether oxygens (including phenoxy) is 1. The van der Waals surface area contributed by atoms with Gasteiger partial charge in [0.15, 0.2) is 0 Å². The Bertz CT molecular complexity index is 818. The Balaban J connectivity index is 1.57. The average Bonchev–Trinajstić information content (AvgIpc) is 3.18. The smallest absolute Gasteiger partial charge is 0.323 e. The molecule has 3 rings (SSSR count). The third-order valence-electron chi connectivity index (χ3n) is 4.44. The van der Waals surface area contributed by atoms with Gasteiger partial charge in [0.25, 0.3) is 0 Å². The van der Waals surface area contributed by atoms with Crippen molar-refractivity contribution >= 4 is 34.9 Å². The fourth-order valence-electron chi connectivity index (χ4n) is 3.02. The Hall–Kier alpha value is -2.73.